The zero-order chi connectivity index (χ0) is 20.0. The van der Waals surface area contributed by atoms with Crippen LogP contribution < -0.4 is 16.0 Å². The van der Waals surface area contributed by atoms with Gasteiger partial charge in [0.1, 0.15) is 17.2 Å². The first-order valence-electron chi connectivity index (χ1n) is 9.09. The quantitative estimate of drug-likeness (QED) is 0.402. The molecule has 1 aliphatic carbocycles. The van der Waals surface area contributed by atoms with Crippen molar-refractivity contribution in [2.75, 3.05) is 20.1 Å². The lowest BCUT2D eigenvalue weighted by Crippen LogP contribution is -2.40. The molecule has 1 aromatic carbocycles. The maximum absolute atomic E-state index is 13.8. The number of halogens is 2. The number of nitrogens with zero attached hydrogens (tertiary/aromatic N) is 1. The Bertz CT molecular complexity index is 669. The summed E-state index contributed by atoms with van der Waals surface area (Å²) in [5, 5.41) is 8.97. The summed E-state index contributed by atoms with van der Waals surface area (Å²) in [6.45, 7) is 6.47. The van der Waals surface area contributed by atoms with Crippen LogP contribution in [0.3, 0.4) is 0 Å². The average molecular weight is 382 g/mol. The maximum atomic E-state index is 13.8. The van der Waals surface area contributed by atoms with Gasteiger partial charge in [0.25, 0.3) is 0 Å². The molecule has 150 valence electrons. The van der Waals surface area contributed by atoms with Gasteiger partial charge < -0.3 is 20.7 Å². The molecule has 1 aromatic rings. The van der Waals surface area contributed by atoms with Crippen molar-refractivity contribution >= 4 is 12.1 Å². The van der Waals surface area contributed by atoms with Crippen LogP contribution in [0, 0.1) is 11.6 Å². The van der Waals surface area contributed by atoms with E-state index in [0.717, 1.165) is 0 Å². The lowest BCUT2D eigenvalue weighted by atomic mass is 10.1. The lowest BCUT2D eigenvalue weighted by Gasteiger charge is -2.19. The minimum atomic E-state index is -0.521. The third kappa shape index (κ3) is 6.69. The van der Waals surface area contributed by atoms with E-state index in [-0.39, 0.29) is 17.5 Å². The standard InChI is InChI=1S/C19H28F2N4O2/c1-19(2,3)27-18(26)24-10-6-9-23-17(22-4)25-15-11-12(15)16-13(20)7-5-8-14(16)21/h5,7-8,12,15H,6,9-11H2,1-4H3,(H,24,26)(H2,22,23,25). The largest absolute Gasteiger partial charge is 0.444 e. The molecule has 0 bridgehead atoms. The van der Waals surface area contributed by atoms with Gasteiger partial charge in [-0.1, -0.05) is 6.07 Å². The predicted octanol–water partition coefficient (Wildman–Crippen LogP) is 2.90. The van der Waals surface area contributed by atoms with Gasteiger partial charge in [-0.15, -0.1) is 0 Å². The molecule has 1 saturated carbocycles. The first-order chi connectivity index (χ1) is 12.7. The normalized spacial score (nSPS) is 19.4. The molecule has 0 radical (unpaired) electrons. The Morgan fingerprint density at radius 2 is 1.85 bits per heavy atom. The molecule has 0 heterocycles. The molecule has 2 atom stereocenters. The first-order valence-corrected chi connectivity index (χ1v) is 9.09. The summed E-state index contributed by atoms with van der Waals surface area (Å²) in [7, 11) is 1.63. The Kier molecular flexibility index (Phi) is 6.98. The fourth-order valence-electron chi connectivity index (χ4n) is 2.71. The van der Waals surface area contributed by atoms with Crippen LogP contribution in [0.2, 0.25) is 0 Å². The SMILES string of the molecule is CN=C(NCCCNC(=O)OC(C)(C)C)NC1CC1c1c(F)cccc1F. The van der Waals surface area contributed by atoms with Crippen LogP contribution in [0.4, 0.5) is 13.6 Å². The molecule has 0 aliphatic heterocycles. The molecule has 0 aromatic heterocycles. The fraction of sp³-hybridized carbons (Fsp3) is 0.579. The molecule has 8 heteroatoms. The Morgan fingerprint density at radius 3 is 2.44 bits per heavy atom. The third-order valence-corrected chi connectivity index (χ3v) is 4.02. The smallest absolute Gasteiger partial charge is 0.407 e. The van der Waals surface area contributed by atoms with Crippen LogP contribution in [-0.2, 0) is 4.74 Å². The second-order valence-corrected chi connectivity index (χ2v) is 7.51. The second kappa shape index (κ2) is 9.01. The topological polar surface area (TPSA) is 74.8 Å². The highest BCUT2D eigenvalue weighted by Crippen LogP contribution is 2.42. The summed E-state index contributed by atoms with van der Waals surface area (Å²) in [5.74, 6) is -0.656. The van der Waals surface area contributed by atoms with E-state index in [9.17, 15) is 13.6 Å². The summed E-state index contributed by atoms with van der Waals surface area (Å²) < 4.78 is 32.8. The van der Waals surface area contributed by atoms with Crippen LogP contribution >= 0.6 is 0 Å². The van der Waals surface area contributed by atoms with Crippen LogP contribution in [-0.4, -0.2) is 43.8 Å². The van der Waals surface area contributed by atoms with E-state index in [2.05, 4.69) is 20.9 Å². The third-order valence-electron chi connectivity index (χ3n) is 4.02. The van der Waals surface area contributed by atoms with Gasteiger partial charge in [-0.3, -0.25) is 4.99 Å². The highest BCUT2D eigenvalue weighted by Gasteiger charge is 2.42. The monoisotopic (exact) mass is 382 g/mol. The van der Waals surface area contributed by atoms with Gasteiger partial charge in [-0.25, -0.2) is 13.6 Å². The van der Waals surface area contributed by atoms with Gasteiger partial charge >= 0.3 is 6.09 Å². The van der Waals surface area contributed by atoms with Gasteiger partial charge in [0.15, 0.2) is 5.96 Å². The number of carbonyl (C=O) groups is 1. The molecule has 1 amide bonds. The molecule has 27 heavy (non-hydrogen) atoms. The van der Waals surface area contributed by atoms with Gasteiger partial charge in [-0.2, -0.15) is 0 Å². The summed E-state index contributed by atoms with van der Waals surface area (Å²) >= 11 is 0. The van der Waals surface area contributed by atoms with Crippen molar-refractivity contribution < 1.29 is 18.3 Å². The van der Waals surface area contributed by atoms with E-state index in [1.165, 1.54) is 18.2 Å². The van der Waals surface area contributed by atoms with Gasteiger partial charge in [-0.05, 0) is 45.7 Å². The van der Waals surface area contributed by atoms with Crippen molar-refractivity contribution in [3.8, 4) is 0 Å². The first kappa shape index (κ1) is 20.9. The Balaban J connectivity index is 1.68. The van der Waals surface area contributed by atoms with E-state index in [1.54, 1.807) is 7.05 Å². The summed E-state index contributed by atoms with van der Waals surface area (Å²) in [6.07, 6.45) is 0.882. The number of rotatable bonds is 6. The van der Waals surface area contributed by atoms with Crippen molar-refractivity contribution in [1.29, 1.82) is 0 Å². The zero-order valence-electron chi connectivity index (χ0n) is 16.2. The van der Waals surface area contributed by atoms with Crippen molar-refractivity contribution in [2.45, 2.75) is 51.2 Å². The Hall–Kier alpha value is -2.38. The highest BCUT2D eigenvalue weighted by molar-refractivity contribution is 5.80. The number of amides is 1. The van der Waals surface area contributed by atoms with E-state index < -0.39 is 23.3 Å². The molecule has 3 N–H and O–H groups in total. The number of nitrogens with one attached hydrogen (secondary N) is 3. The molecular formula is C19H28F2N4O2. The molecule has 0 saturated heterocycles. The minimum Gasteiger partial charge on any atom is -0.444 e. The molecule has 2 rings (SSSR count). The number of aliphatic imine (C=N–C) groups is 1. The highest BCUT2D eigenvalue weighted by atomic mass is 19.1. The number of ether oxygens (including phenoxy) is 1. The van der Waals surface area contributed by atoms with Crippen molar-refractivity contribution in [2.24, 2.45) is 4.99 Å². The van der Waals surface area contributed by atoms with Crippen LogP contribution in [0.1, 0.15) is 45.1 Å². The number of benzene rings is 1. The van der Waals surface area contributed by atoms with E-state index in [4.69, 9.17) is 4.74 Å². The van der Waals surface area contributed by atoms with Crippen LogP contribution in [0.25, 0.3) is 0 Å². The second-order valence-electron chi connectivity index (χ2n) is 7.51. The Morgan fingerprint density at radius 1 is 1.22 bits per heavy atom. The molecule has 2 unspecified atom stereocenters. The number of hydrogen-bond donors (Lipinski definition) is 3. The van der Waals surface area contributed by atoms with Gasteiger partial charge in [0.2, 0.25) is 0 Å². The number of carbonyl (C=O) groups excluding carboxylic acids is 1. The number of hydrogen-bond acceptors (Lipinski definition) is 3. The minimum absolute atomic E-state index is 0.0533. The predicted molar refractivity (Wildman–Crippen MR) is 101 cm³/mol. The maximum Gasteiger partial charge on any atom is 0.407 e. The van der Waals surface area contributed by atoms with E-state index in [0.29, 0.717) is 31.9 Å². The zero-order valence-corrected chi connectivity index (χ0v) is 16.2. The molecule has 1 aliphatic rings. The van der Waals surface area contributed by atoms with Crippen molar-refractivity contribution in [3.05, 3.63) is 35.4 Å². The number of guanidine groups is 1. The van der Waals surface area contributed by atoms with E-state index in [1.807, 2.05) is 20.8 Å². The molecule has 1 fully saturated rings. The van der Waals surface area contributed by atoms with Crippen LogP contribution in [0.15, 0.2) is 23.2 Å². The summed E-state index contributed by atoms with van der Waals surface area (Å²) in [6, 6.07) is 3.87. The van der Waals surface area contributed by atoms with Crippen LogP contribution in [0.5, 0.6) is 0 Å². The van der Waals surface area contributed by atoms with E-state index >= 15 is 0 Å². The lowest BCUT2D eigenvalue weighted by molar-refractivity contribution is 0.0527. The molecule has 6 nitrogen and oxygen atoms in total. The van der Waals surface area contributed by atoms with Crippen molar-refractivity contribution in [1.82, 2.24) is 16.0 Å². The fourth-order valence-corrected chi connectivity index (χ4v) is 2.71. The average Bonchev–Trinajstić information content (AvgIpc) is 3.30. The Labute approximate surface area is 158 Å². The summed E-state index contributed by atoms with van der Waals surface area (Å²) in [5.41, 5.74) is -0.390. The van der Waals surface area contributed by atoms with Gasteiger partial charge in [0.05, 0.1) is 0 Å². The molecule has 0 spiro atoms. The van der Waals surface area contributed by atoms with Crippen molar-refractivity contribution in [3.63, 3.8) is 0 Å². The van der Waals surface area contributed by atoms with Gasteiger partial charge in [0, 0.05) is 37.7 Å². The number of alkyl carbamates (subject to hydrolysis) is 1. The summed E-state index contributed by atoms with van der Waals surface area (Å²) in [4.78, 5) is 15.7. The molecular weight excluding hydrogens is 354 g/mol.